The quantitative estimate of drug-likeness (QED) is 0.805. The van der Waals surface area contributed by atoms with Crippen molar-refractivity contribution in [2.24, 2.45) is 10.4 Å². The van der Waals surface area contributed by atoms with Crippen molar-refractivity contribution < 1.29 is 0 Å². The SMILES string of the molecule is CC1CC(C)SC(NC(C)(C)CC(C)(C)C)=N1. The molecule has 0 aliphatic carbocycles. The number of hydrogen-bond acceptors (Lipinski definition) is 3. The van der Waals surface area contributed by atoms with E-state index in [1.165, 1.54) is 6.42 Å². The third-order valence-electron chi connectivity index (χ3n) is 2.74. The zero-order valence-electron chi connectivity index (χ0n) is 12.4. The second-order valence-electron chi connectivity index (χ2n) is 7.19. The lowest BCUT2D eigenvalue weighted by molar-refractivity contribution is 0.267. The van der Waals surface area contributed by atoms with Gasteiger partial charge in [0.15, 0.2) is 5.17 Å². The lowest BCUT2D eigenvalue weighted by atomic mass is 9.82. The number of nitrogens with one attached hydrogen (secondary N) is 1. The number of amidine groups is 1. The van der Waals surface area contributed by atoms with Crippen LogP contribution in [0.4, 0.5) is 0 Å². The molecular weight excluding hydrogens is 228 g/mol. The third-order valence-corrected chi connectivity index (χ3v) is 3.77. The van der Waals surface area contributed by atoms with Gasteiger partial charge in [0.05, 0.1) is 6.04 Å². The van der Waals surface area contributed by atoms with E-state index in [2.05, 4.69) is 53.8 Å². The summed E-state index contributed by atoms with van der Waals surface area (Å²) in [6, 6.07) is 0.458. The molecular formula is C14H28N2S. The van der Waals surface area contributed by atoms with Crippen LogP contribution in [0.5, 0.6) is 0 Å². The summed E-state index contributed by atoms with van der Waals surface area (Å²) < 4.78 is 0. The van der Waals surface area contributed by atoms with Gasteiger partial charge in [0.1, 0.15) is 0 Å². The van der Waals surface area contributed by atoms with Gasteiger partial charge in [-0.1, -0.05) is 39.5 Å². The Labute approximate surface area is 111 Å². The Morgan fingerprint density at radius 3 is 2.29 bits per heavy atom. The summed E-state index contributed by atoms with van der Waals surface area (Å²) in [5.41, 5.74) is 0.453. The van der Waals surface area contributed by atoms with Crippen molar-refractivity contribution in [2.45, 2.75) is 78.1 Å². The van der Waals surface area contributed by atoms with Crippen LogP contribution in [0.3, 0.4) is 0 Å². The highest BCUT2D eigenvalue weighted by molar-refractivity contribution is 8.14. The molecule has 0 aromatic heterocycles. The van der Waals surface area contributed by atoms with Gasteiger partial charge in [0, 0.05) is 10.8 Å². The van der Waals surface area contributed by atoms with E-state index in [4.69, 9.17) is 4.99 Å². The van der Waals surface area contributed by atoms with E-state index < -0.39 is 0 Å². The Morgan fingerprint density at radius 1 is 1.24 bits per heavy atom. The molecule has 0 radical (unpaired) electrons. The second kappa shape index (κ2) is 5.21. The fraction of sp³-hybridized carbons (Fsp3) is 0.929. The maximum Gasteiger partial charge on any atom is 0.157 e. The zero-order chi connectivity index (χ0) is 13.3. The van der Waals surface area contributed by atoms with Crippen LogP contribution in [0.1, 0.15) is 61.3 Å². The summed E-state index contributed by atoms with van der Waals surface area (Å²) in [6.45, 7) is 15.9. The van der Waals surface area contributed by atoms with Gasteiger partial charge in [-0.05, 0) is 39.0 Å². The molecule has 2 nitrogen and oxygen atoms in total. The van der Waals surface area contributed by atoms with Crippen molar-refractivity contribution in [3.05, 3.63) is 0 Å². The average Bonchev–Trinajstić information content (AvgIpc) is 1.93. The Hall–Kier alpha value is -0.180. The summed E-state index contributed by atoms with van der Waals surface area (Å²) in [7, 11) is 0. The van der Waals surface area contributed by atoms with Gasteiger partial charge in [-0.2, -0.15) is 0 Å². The highest BCUT2D eigenvalue weighted by Gasteiger charge is 2.28. The second-order valence-corrected chi connectivity index (χ2v) is 8.62. The van der Waals surface area contributed by atoms with Crippen LogP contribution in [0.2, 0.25) is 0 Å². The van der Waals surface area contributed by atoms with Gasteiger partial charge in [-0.3, -0.25) is 4.99 Å². The molecule has 0 amide bonds. The Kier molecular flexibility index (Phi) is 4.56. The number of aliphatic imine (C=N–C) groups is 1. The van der Waals surface area contributed by atoms with Crippen molar-refractivity contribution in [1.29, 1.82) is 0 Å². The molecule has 100 valence electrons. The van der Waals surface area contributed by atoms with Gasteiger partial charge < -0.3 is 5.32 Å². The summed E-state index contributed by atoms with van der Waals surface area (Å²) >= 11 is 1.88. The molecule has 1 heterocycles. The molecule has 3 heteroatoms. The van der Waals surface area contributed by atoms with Crippen LogP contribution >= 0.6 is 11.8 Å². The van der Waals surface area contributed by atoms with E-state index in [-0.39, 0.29) is 5.54 Å². The number of nitrogens with zero attached hydrogens (tertiary/aromatic N) is 1. The fourth-order valence-corrected chi connectivity index (χ4v) is 4.06. The molecule has 2 unspecified atom stereocenters. The lowest BCUT2D eigenvalue weighted by Gasteiger charge is -2.36. The average molecular weight is 256 g/mol. The normalized spacial score (nSPS) is 26.6. The van der Waals surface area contributed by atoms with E-state index >= 15 is 0 Å². The Morgan fingerprint density at radius 2 is 1.82 bits per heavy atom. The monoisotopic (exact) mass is 256 g/mol. The summed E-state index contributed by atoms with van der Waals surface area (Å²) in [5, 5.41) is 5.43. The Bertz CT molecular complexity index is 289. The third kappa shape index (κ3) is 5.80. The van der Waals surface area contributed by atoms with Crippen LogP contribution < -0.4 is 5.32 Å². The first-order chi connectivity index (χ1) is 7.57. The van der Waals surface area contributed by atoms with Crippen LogP contribution in [0.15, 0.2) is 4.99 Å². The Balaban J connectivity index is 2.64. The van der Waals surface area contributed by atoms with Crippen molar-refractivity contribution in [3.8, 4) is 0 Å². The number of thioether (sulfide) groups is 1. The first-order valence-electron chi connectivity index (χ1n) is 6.60. The summed E-state index contributed by atoms with van der Waals surface area (Å²) in [6.07, 6.45) is 2.33. The van der Waals surface area contributed by atoms with Gasteiger partial charge in [-0.25, -0.2) is 0 Å². The molecule has 1 rings (SSSR count). The summed E-state index contributed by atoms with van der Waals surface area (Å²) in [4.78, 5) is 4.72. The summed E-state index contributed by atoms with van der Waals surface area (Å²) in [5.74, 6) is 0. The predicted molar refractivity (Wildman–Crippen MR) is 79.9 cm³/mol. The molecule has 17 heavy (non-hydrogen) atoms. The first-order valence-corrected chi connectivity index (χ1v) is 7.48. The van der Waals surface area contributed by atoms with Crippen molar-refractivity contribution in [2.75, 3.05) is 0 Å². The molecule has 1 aliphatic heterocycles. The van der Waals surface area contributed by atoms with Crippen molar-refractivity contribution in [3.63, 3.8) is 0 Å². The molecule has 0 saturated carbocycles. The van der Waals surface area contributed by atoms with Gasteiger partial charge >= 0.3 is 0 Å². The van der Waals surface area contributed by atoms with E-state index in [0.29, 0.717) is 16.7 Å². The number of hydrogen-bond donors (Lipinski definition) is 1. The zero-order valence-corrected chi connectivity index (χ0v) is 13.2. The van der Waals surface area contributed by atoms with Gasteiger partial charge in [0.25, 0.3) is 0 Å². The topological polar surface area (TPSA) is 24.4 Å². The minimum absolute atomic E-state index is 0.112. The number of rotatable bonds is 2. The fourth-order valence-electron chi connectivity index (χ4n) is 2.72. The van der Waals surface area contributed by atoms with Gasteiger partial charge in [0.2, 0.25) is 0 Å². The molecule has 0 saturated heterocycles. The van der Waals surface area contributed by atoms with Crippen molar-refractivity contribution >= 4 is 16.9 Å². The molecule has 0 aromatic rings. The van der Waals surface area contributed by atoms with Gasteiger partial charge in [-0.15, -0.1) is 0 Å². The molecule has 0 spiro atoms. The smallest absolute Gasteiger partial charge is 0.157 e. The van der Waals surface area contributed by atoms with Crippen LogP contribution in [0.25, 0.3) is 0 Å². The van der Waals surface area contributed by atoms with Crippen LogP contribution in [-0.4, -0.2) is 22.0 Å². The molecule has 0 aromatic carbocycles. The maximum atomic E-state index is 4.72. The minimum Gasteiger partial charge on any atom is -0.360 e. The van der Waals surface area contributed by atoms with E-state index in [1.54, 1.807) is 0 Å². The van der Waals surface area contributed by atoms with E-state index in [1.807, 2.05) is 11.8 Å². The molecule has 0 fully saturated rings. The first kappa shape index (κ1) is 14.9. The van der Waals surface area contributed by atoms with Crippen LogP contribution in [-0.2, 0) is 0 Å². The van der Waals surface area contributed by atoms with Crippen LogP contribution in [0, 0.1) is 5.41 Å². The molecule has 1 aliphatic rings. The molecule has 0 bridgehead atoms. The lowest BCUT2D eigenvalue weighted by Crippen LogP contribution is -2.46. The maximum absolute atomic E-state index is 4.72. The van der Waals surface area contributed by atoms with E-state index in [0.717, 1.165) is 11.6 Å². The van der Waals surface area contributed by atoms with E-state index in [9.17, 15) is 0 Å². The largest absolute Gasteiger partial charge is 0.360 e. The van der Waals surface area contributed by atoms with Crippen molar-refractivity contribution in [1.82, 2.24) is 5.32 Å². The predicted octanol–water partition coefficient (Wildman–Crippen LogP) is 4.06. The molecule has 1 N–H and O–H groups in total. The standard InChI is InChI=1S/C14H28N2S/c1-10-8-11(2)17-12(15-10)16-14(6,7)9-13(3,4)5/h10-11H,8-9H2,1-7H3,(H,15,16). The highest BCUT2D eigenvalue weighted by atomic mass is 32.2. The highest BCUT2D eigenvalue weighted by Crippen LogP contribution is 2.30. The minimum atomic E-state index is 0.112. The molecule has 2 atom stereocenters.